The molecule has 7 heteroatoms. The number of halogens is 1. The fourth-order valence-corrected chi connectivity index (χ4v) is 7.87. The lowest BCUT2D eigenvalue weighted by Gasteiger charge is -2.28. The molecule has 4 nitrogen and oxygen atoms in total. The first-order chi connectivity index (χ1) is 17.1. The first-order valence-corrected chi connectivity index (χ1v) is 13.5. The van der Waals surface area contributed by atoms with E-state index in [0.717, 1.165) is 21.5 Å². The molecule has 4 aromatic rings. The zero-order chi connectivity index (χ0) is 24.3. The molecule has 0 saturated carbocycles. The van der Waals surface area contributed by atoms with Crippen LogP contribution in [0.3, 0.4) is 0 Å². The van der Waals surface area contributed by atoms with Crippen LogP contribution in [0.25, 0.3) is 6.08 Å². The van der Waals surface area contributed by atoms with Crippen LogP contribution in [0.4, 0.5) is 0 Å². The summed E-state index contributed by atoms with van der Waals surface area (Å²) in [6.07, 6.45) is 1.76. The second-order valence-corrected chi connectivity index (χ2v) is 11.7. The minimum Gasteiger partial charge on any atom is -0.326 e. The number of amides is 1. The third-order valence-electron chi connectivity index (χ3n) is 5.65. The molecule has 1 aliphatic heterocycles. The van der Waals surface area contributed by atoms with Gasteiger partial charge in [-0.15, -0.1) is 0 Å². The Labute approximate surface area is 214 Å². The van der Waals surface area contributed by atoms with Crippen molar-refractivity contribution >= 4 is 63.9 Å². The Morgan fingerprint density at radius 1 is 0.743 bits per heavy atom. The first kappa shape index (κ1) is 23.3. The Balaban J connectivity index is 1.72. The molecule has 1 saturated heterocycles. The molecule has 0 atom stereocenters. The number of carbonyl (C=O) groups is 1. The van der Waals surface area contributed by atoms with Crippen LogP contribution in [0.2, 0.25) is 5.02 Å². The van der Waals surface area contributed by atoms with Gasteiger partial charge >= 0.3 is 0 Å². The van der Waals surface area contributed by atoms with Crippen molar-refractivity contribution in [2.45, 2.75) is 0 Å². The molecule has 0 aromatic heterocycles. The molecule has 0 spiro atoms. The molecule has 4 aromatic carbocycles. The van der Waals surface area contributed by atoms with Gasteiger partial charge in [0.15, 0.2) is 0 Å². The lowest BCUT2D eigenvalue weighted by atomic mass is 10.2. The summed E-state index contributed by atoms with van der Waals surface area (Å²) in [6, 6.07) is 37.6. The lowest BCUT2D eigenvalue weighted by Crippen LogP contribution is -2.31. The van der Waals surface area contributed by atoms with E-state index in [1.807, 2.05) is 66.7 Å². The molecule has 0 radical (unpaired) electrons. The molecule has 1 amide bonds. The van der Waals surface area contributed by atoms with E-state index >= 15 is 0 Å². The topological polar surface area (TPSA) is 44.7 Å². The Hall–Kier alpha value is -3.50. The molecule has 5 rings (SSSR count). The molecule has 0 aliphatic carbocycles. The van der Waals surface area contributed by atoms with E-state index in [2.05, 4.69) is 41.7 Å². The summed E-state index contributed by atoms with van der Waals surface area (Å²) in [7, 11) is -2.63. The van der Waals surface area contributed by atoms with Gasteiger partial charge in [0.1, 0.15) is 5.70 Å². The van der Waals surface area contributed by atoms with Gasteiger partial charge in [-0.1, -0.05) is 115 Å². The molecule has 172 valence electrons. The van der Waals surface area contributed by atoms with E-state index in [-0.39, 0.29) is 11.0 Å². The molecule has 1 aliphatic rings. The smallest absolute Gasteiger partial charge is 0.297 e. The number of carbonyl (C=O) groups excluding carboxylic acids is 1. The summed E-state index contributed by atoms with van der Waals surface area (Å²) in [5, 5.41) is 8.38. The van der Waals surface area contributed by atoms with Gasteiger partial charge in [-0.05, 0) is 36.0 Å². The number of benzene rings is 4. The van der Waals surface area contributed by atoms with Crippen LogP contribution in [0.15, 0.2) is 126 Å². The SMILES string of the molecule is O=C1/C(=C/c2ccc(Cl)cc2)NC(=S)N1N=P(c1ccccc1)(c1ccccc1)c1ccccc1. The van der Waals surface area contributed by atoms with Gasteiger partial charge in [0.25, 0.3) is 5.91 Å². The summed E-state index contributed by atoms with van der Waals surface area (Å²) in [5.74, 6) is -0.294. The second-order valence-electron chi connectivity index (χ2n) is 7.89. The highest BCUT2D eigenvalue weighted by atomic mass is 35.5. The van der Waals surface area contributed by atoms with Crippen LogP contribution >= 0.6 is 30.9 Å². The first-order valence-electron chi connectivity index (χ1n) is 11.0. The molecule has 35 heavy (non-hydrogen) atoms. The zero-order valence-corrected chi connectivity index (χ0v) is 21.0. The Morgan fingerprint density at radius 3 is 1.66 bits per heavy atom. The van der Waals surface area contributed by atoms with Gasteiger partial charge in [0.05, 0.1) is 7.05 Å². The highest BCUT2D eigenvalue weighted by Gasteiger charge is 2.36. The van der Waals surface area contributed by atoms with Crippen molar-refractivity contribution in [1.29, 1.82) is 0 Å². The lowest BCUT2D eigenvalue weighted by molar-refractivity contribution is -0.122. The van der Waals surface area contributed by atoms with Crippen LogP contribution in [-0.2, 0) is 4.79 Å². The van der Waals surface area contributed by atoms with Crippen molar-refractivity contribution in [3.63, 3.8) is 0 Å². The maximum atomic E-state index is 13.6. The monoisotopic (exact) mass is 513 g/mol. The fourth-order valence-electron chi connectivity index (χ4n) is 4.00. The highest BCUT2D eigenvalue weighted by molar-refractivity contribution is 7.87. The van der Waals surface area contributed by atoms with Gasteiger partial charge < -0.3 is 5.32 Å². The van der Waals surface area contributed by atoms with Crippen LogP contribution in [0, 0.1) is 0 Å². The number of thiocarbonyl (C=S) groups is 1. The largest absolute Gasteiger partial charge is 0.326 e. The third-order valence-corrected chi connectivity index (χ3v) is 9.76. The van der Waals surface area contributed by atoms with E-state index in [1.54, 1.807) is 18.2 Å². The second kappa shape index (κ2) is 10.0. The Morgan fingerprint density at radius 2 is 1.20 bits per heavy atom. The number of nitrogens with zero attached hydrogens (tertiary/aromatic N) is 2. The van der Waals surface area contributed by atoms with Gasteiger partial charge in [-0.2, -0.15) is 9.86 Å². The molecule has 0 unspecified atom stereocenters. The van der Waals surface area contributed by atoms with Crippen LogP contribution in [0.1, 0.15) is 5.56 Å². The molecular formula is C28H21ClN3OPS. The summed E-state index contributed by atoms with van der Waals surface area (Å²) in [5.41, 5.74) is 1.21. The molecule has 1 N–H and O–H groups in total. The van der Waals surface area contributed by atoms with Crippen molar-refractivity contribution in [2.24, 2.45) is 4.85 Å². The Bertz CT molecular complexity index is 1350. The standard InChI is InChI=1S/C28H21ClN3OPS/c29-22-18-16-21(17-19-22)20-26-27(33)32(28(35)30-26)31-34(23-10-4-1-5-11-23,24-12-6-2-7-13-24)25-14-8-3-9-15-25/h1-20H,(H,30,35)/b26-20-. The predicted molar refractivity (Wildman–Crippen MR) is 150 cm³/mol. The van der Waals surface area contributed by atoms with Crippen LogP contribution < -0.4 is 21.2 Å². The summed E-state index contributed by atoms with van der Waals surface area (Å²) in [4.78, 5) is 18.8. The summed E-state index contributed by atoms with van der Waals surface area (Å²) in [6.45, 7) is 0. The van der Waals surface area contributed by atoms with Gasteiger partial charge in [-0.25, -0.2) is 0 Å². The van der Waals surface area contributed by atoms with Crippen molar-refractivity contribution < 1.29 is 4.79 Å². The molecule has 1 heterocycles. The maximum absolute atomic E-state index is 13.6. The average molecular weight is 514 g/mol. The minimum absolute atomic E-state index is 0.252. The van der Waals surface area contributed by atoms with Crippen molar-refractivity contribution in [2.75, 3.05) is 0 Å². The number of hydrogen-bond acceptors (Lipinski definition) is 3. The van der Waals surface area contributed by atoms with E-state index in [9.17, 15) is 4.79 Å². The van der Waals surface area contributed by atoms with E-state index in [1.165, 1.54) is 5.01 Å². The van der Waals surface area contributed by atoms with Gasteiger partial charge in [0.2, 0.25) is 5.11 Å². The van der Waals surface area contributed by atoms with E-state index in [0.29, 0.717) is 10.7 Å². The van der Waals surface area contributed by atoms with E-state index in [4.69, 9.17) is 28.7 Å². The normalized spacial score (nSPS) is 14.8. The van der Waals surface area contributed by atoms with Crippen LogP contribution in [0.5, 0.6) is 0 Å². The third kappa shape index (κ3) is 4.59. The van der Waals surface area contributed by atoms with Gasteiger partial charge in [0, 0.05) is 20.9 Å². The highest BCUT2D eigenvalue weighted by Crippen LogP contribution is 2.47. The molecule has 1 fully saturated rings. The molecular weight excluding hydrogens is 493 g/mol. The van der Waals surface area contributed by atoms with Crippen LogP contribution in [-0.4, -0.2) is 16.0 Å². The average Bonchev–Trinajstić information content (AvgIpc) is 3.17. The Kier molecular flexibility index (Phi) is 6.65. The number of rotatable bonds is 5. The summed E-state index contributed by atoms with van der Waals surface area (Å²) >= 11 is 11.6. The van der Waals surface area contributed by atoms with Gasteiger partial charge in [-0.3, -0.25) is 4.79 Å². The maximum Gasteiger partial charge on any atom is 0.297 e. The fraction of sp³-hybridized carbons (Fsp3) is 0. The molecule has 0 bridgehead atoms. The zero-order valence-electron chi connectivity index (χ0n) is 18.6. The predicted octanol–water partition coefficient (Wildman–Crippen LogP) is 5.49. The quantitative estimate of drug-likeness (QED) is 0.218. The number of nitrogens with one attached hydrogen (secondary N) is 1. The summed E-state index contributed by atoms with van der Waals surface area (Å²) < 4.78 is 0. The van der Waals surface area contributed by atoms with Crippen molar-refractivity contribution in [3.8, 4) is 0 Å². The van der Waals surface area contributed by atoms with E-state index < -0.39 is 7.05 Å². The number of hydrogen-bond donors (Lipinski definition) is 1. The van der Waals surface area contributed by atoms with Crippen molar-refractivity contribution in [3.05, 3.63) is 132 Å². The minimum atomic E-state index is -2.63. The van der Waals surface area contributed by atoms with Crippen molar-refractivity contribution in [1.82, 2.24) is 10.3 Å².